The highest BCUT2D eigenvalue weighted by Crippen LogP contribution is 2.67. The van der Waals surface area contributed by atoms with E-state index in [1.165, 1.54) is 29.7 Å². The molecular weight excluding hydrogens is 278 g/mol. The molecule has 1 nitrogen and oxygen atoms in total. The van der Waals surface area contributed by atoms with Crippen molar-refractivity contribution in [2.45, 2.75) is 58.7 Å². The van der Waals surface area contributed by atoms with Crippen LogP contribution < -0.4 is 4.57 Å². The molecule has 2 aromatic rings. The minimum Gasteiger partial charge on any atom is -0.201 e. The second kappa shape index (κ2) is 4.47. The Hall–Kier alpha value is -1.63. The predicted octanol–water partition coefficient (Wildman–Crippen LogP) is 4.97. The van der Waals surface area contributed by atoms with E-state index >= 15 is 0 Å². The molecule has 120 valence electrons. The Morgan fingerprint density at radius 3 is 2.70 bits per heavy atom. The molecule has 0 N–H and O–H groups in total. The maximum absolute atomic E-state index is 7.64. The third-order valence-electron chi connectivity index (χ3n) is 7.00. The molecule has 1 fully saturated rings. The van der Waals surface area contributed by atoms with Gasteiger partial charge in [-0.15, -0.1) is 0 Å². The molecule has 2 aliphatic carbocycles. The van der Waals surface area contributed by atoms with Crippen LogP contribution in [0.15, 0.2) is 30.5 Å². The average Bonchev–Trinajstić information content (AvgIpc) is 2.85. The lowest BCUT2D eigenvalue weighted by Gasteiger charge is -2.34. The van der Waals surface area contributed by atoms with Crippen LogP contribution in [0.4, 0.5) is 0 Å². The van der Waals surface area contributed by atoms with Crippen molar-refractivity contribution >= 4 is 0 Å². The van der Waals surface area contributed by atoms with Gasteiger partial charge in [0.2, 0.25) is 5.69 Å². The van der Waals surface area contributed by atoms with Crippen LogP contribution in [0.25, 0.3) is 11.3 Å². The number of hydrogen-bond acceptors (Lipinski definition) is 0. The predicted molar refractivity (Wildman–Crippen MR) is 95.6 cm³/mol. The fourth-order valence-corrected chi connectivity index (χ4v) is 5.16. The molecule has 2 unspecified atom stereocenters. The van der Waals surface area contributed by atoms with E-state index in [-0.39, 0.29) is 5.41 Å². The van der Waals surface area contributed by atoms with Crippen LogP contribution in [-0.4, -0.2) is 0 Å². The summed E-state index contributed by atoms with van der Waals surface area (Å²) in [5.74, 6) is 0.615. The number of hydrogen-bond donors (Lipinski definition) is 0. The highest BCUT2D eigenvalue weighted by Gasteiger charge is 2.60. The molecule has 0 saturated heterocycles. The third-order valence-corrected chi connectivity index (χ3v) is 7.00. The topological polar surface area (TPSA) is 3.88 Å². The largest absolute Gasteiger partial charge is 0.212 e. The summed E-state index contributed by atoms with van der Waals surface area (Å²) in [5.41, 5.74) is 7.26. The first-order chi connectivity index (χ1) is 12.0. The van der Waals surface area contributed by atoms with Crippen molar-refractivity contribution in [3.63, 3.8) is 0 Å². The Morgan fingerprint density at radius 2 is 2.00 bits per heavy atom. The Labute approximate surface area is 144 Å². The van der Waals surface area contributed by atoms with Gasteiger partial charge in [-0.25, -0.2) is 4.57 Å². The van der Waals surface area contributed by atoms with Gasteiger partial charge in [0.1, 0.15) is 7.05 Å². The zero-order valence-electron chi connectivity index (χ0n) is 17.8. The van der Waals surface area contributed by atoms with E-state index in [4.69, 9.17) is 4.11 Å². The molecular formula is C22H28N+. The highest BCUT2D eigenvalue weighted by atomic mass is 14.9. The number of pyridine rings is 1. The van der Waals surface area contributed by atoms with E-state index in [0.29, 0.717) is 16.9 Å². The molecule has 2 aliphatic rings. The van der Waals surface area contributed by atoms with Crippen molar-refractivity contribution in [2.75, 3.05) is 0 Å². The van der Waals surface area contributed by atoms with Crippen molar-refractivity contribution in [1.82, 2.24) is 0 Å². The van der Waals surface area contributed by atoms with Crippen LogP contribution in [0.2, 0.25) is 0 Å². The van der Waals surface area contributed by atoms with Gasteiger partial charge >= 0.3 is 0 Å². The zero-order valence-corrected chi connectivity index (χ0v) is 14.8. The van der Waals surface area contributed by atoms with E-state index in [9.17, 15) is 0 Å². The minimum atomic E-state index is -2.05. The highest BCUT2D eigenvalue weighted by molar-refractivity contribution is 5.64. The fourth-order valence-electron chi connectivity index (χ4n) is 5.16. The molecule has 4 rings (SSSR count). The van der Waals surface area contributed by atoms with Crippen LogP contribution in [-0.2, 0) is 12.5 Å². The molecule has 0 spiro atoms. The summed E-state index contributed by atoms with van der Waals surface area (Å²) >= 11 is 0. The Morgan fingerprint density at radius 1 is 1.22 bits per heavy atom. The van der Waals surface area contributed by atoms with Gasteiger partial charge in [0.15, 0.2) is 6.20 Å². The normalized spacial score (nSPS) is 29.8. The van der Waals surface area contributed by atoms with Crippen LogP contribution in [0.3, 0.4) is 0 Å². The van der Waals surface area contributed by atoms with Gasteiger partial charge in [-0.1, -0.05) is 38.5 Å². The maximum Gasteiger partial charge on any atom is 0.212 e. The molecule has 2 bridgehead atoms. The summed E-state index contributed by atoms with van der Waals surface area (Å²) < 4.78 is 25.1. The minimum absolute atomic E-state index is 0.253. The van der Waals surface area contributed by atoms with E-state index in [1.54, 1.807) is 6.07 Å². The van der Waals surface area contributed by atoms with Crippen molar-refractivity contribution in [1.29, 1.82) is 0 Å². The summed E-state index contributed by atoms with van der Waals surface area (Å²) in [6, 6.07) is 7.90. The molecule has 0 radical (unpaired) electrons. The van der Waals surface area contributed by atoms with Crippen molar-refractivity contribution in [2.24, 2.45) is 12.5 Å². The van der Waals surface area contributed by atoms with Crippen LogP contribution >= 0.6 is 0 Å². The summed E-state index contributed by atoms with van der Waals surface area (Å²) in [7, 11) is 2.11. The first-order valence-electron chi connectivity index (χ1n) is 10.1. The first-order valence-corrected chi connectivity index (χ1v) is 8.62. The molecule has 1 aromatic heterocycles. The number of nitrogens with zero attached hydrogens (tertiary/aromatic N) is 1. The van der Waals surface area contributed by atoms with Gasteiger partial charge in [-0.3, -0.25) is 0 Å². The molecule has 0 amide bonds. The number of aryl methyl sites for hydroxylation is 3. The van der Waals surface area contributed by atoms with E-state index in [2.05, 4.69) is 44.6 Å². The smallest absolute Gasteiger partial charge is 0.201 e. The third kappa shape index (κ3) is 1.77. The fraction of sp³-hybridized carbons (Fsp3) is 0.500. The molecule has 1 heterocycles. The van der Waals surface area contributed by atoms with Gasteiger partial charge in [0.05, 0.1) is 0 Å². The quantitative estimate of drug-likeness (QED) is 0.655. The molecule has 1 heteroatoms. The standard InChI is InChI=1S/C22H28N/c1-14-7-8-16(15(2)11-14)20-12-17-18-9-10-22(5,21(18,3)4)19(17)13-23(20)6/h7-8,11-13,18H,9-10H2,1-6H3/q+1/i1D3. The SMILES string of the molecule is [2H]C([2H])([2H])c1ccc(-c2cc3c(c[n+]2C)C2(C)CCC3C2(C)C)c(C)c1. The Balaban J connectivity index is 1.86. The first kappa shape index (κ1) is 11.8. The second-order valence-electron chi connectivity index (χ2n) is 8.31. The van der Waals surface area contributed by atoms with Crippen LogP contribution in [0.5, 0.6) is 0 Å². The molecule has 23 heavy (non-hydrogen) atoms. The summed E-state index contributed by atoms with van der Waals surface area (Å²) in [6.45, 7) is 7.21. The van der Waals surface area contributed by atoms with Crippen molar-refractivity contribution in [3.8, 4) is 11.3 Å². The van der Waals surface area contributed by atoms with Gasteiger partial charge in [0, 0.05) is 26.7 Å². The molecule has 1 aromatic carbocycles. The summed E-state index contributed by atoms with van der Waals surface area (Å²) in [5, 5.41) is 0. The van der Waals surface area contributed by atoms with Crippen molar-refractivity contribution in [3.05, 3.63) is 52.7 Å². The van der Waals surface area contributed by atoms with Crippen LogP contribution in [0.1, 0.15) is 65.9 Å². The second-order valence-corrected chi connectivity index (χ2v) is 8.31. The van der Waals surface area contributed by atoms with E-state index < -0.39 is 6.85 Å². The maximum atomic E-state index is 7.64. The average molecular weight is 309 g/mol. The van der Waals surface area contributed by atoms with Gasteiger partial charge in [-0.2, -0.15) is 0 Å². The number of rotatable bonds is 1. The lowest BCUT2D eigenvalue weighted by Crippen LogP contribution is -2.36. The van der Waals surface area contributed by atoms with E-state index in [0.717, 1.165) is 11.1 Å². The van der Waals surface area contributed by atoms with Gasteiger partial charge in [0.25, 0.3) is 0 Å². The van der Waals surface area contributed by atoms with Gasteiger partial charge < -0.3 is 0 Å². The molecule has 0 aliphatic heterocycles. The monoisotopic (exact) mass is 309 g/mol. The summed E-state index contributed by atoms with van der Waals surface area (Å²) in [4.78, 5) is 0. The Kier molecular flexibility index (Phi) is 2.30. The molecule has 2 atom stereocenters. The lowest BCUT2D eigenvalue weighted by molar-refractivity contribution is -0.661. The Bertz CT molecular complexity index is 910. The molecule has 1 saturated carbocycles. The number of benzene rings is 1. The lowest BCUT2D eigenvalue weighted by atomic mass is 9.69. The van der Waals surface area contributed by atoms with Crippen LogP contribution in [0, 0.1) is 19.2 Å². The van der Waals surface area contributed by atoms with Gasteiger partial charge in [-0.05, 0) is 55.1 Å². The number of fused-ring (bicyclic) bond motifs is 5. The van der Waals surface area contributed by atoms with E-state index in [1.807, 2.05) is 19.1 Å². The van der Waals surface area contributed by atoms with Crippen molar-refractivity contribution < 1.29 is 8.68 Å². The zero-order chi connectivity index (χ0) is 19.1. The summed E-state index contributed by atoms with van der Waals surface area (Å²) in [6.07, 6.45) is 4.85. The number of aromatic nitrogens is 1.